The zero-order valence-corrected chi connectivity index (χ0v) is 15.0. The standard InChI is InChI=1S/C13H10F5.BrH.Zn/c1-2-3-4-6-5-7(6)8-9(14)11(16)13(18)12(17)10(8)15;;/h2,7H,1,3-5H2;1H;/q-1;;+2/p-1/t7-;;/m0../s1. The first-order chi connectivity index (χ1) is 9.49. The molecule has 1 atom stereocenters. The number of hydrogen-bond acceptors (Lipinski definition) is 0. The van der Waals surface area contributed by atoms with Crippen molar-refractivity contribution in [2.24, 2.45) is 0 Å². The number of rotatable bonds is 4. The van der Waals surface area contributed by atoms with Gasteiger partial charge in [0.25, 0.3) is 0 Å². The fraction of sp³-hybridized carbons (Fsp3) is 0.308. The summed E-state index contributed by atoms with van der Waals surface area (Å²) in [5.74, 6) is -9.16. The predicted octanol–water partition coefficient (Wildman–Crippen LogP) is 5.25. The molecule has 0 saturated heterocycles. The van der Waals surface area contributed by atoms with Gasteiger partial charge in [0.2, 0.25) is 5.82 Å². The van der Waals surface area contributed by atoms with E-state index in [1.54, 1.807) is 6.08 Å². The molecule has 0 aliphatic heterocycles. The second-order valence-corrected chi connectivity index (χ2v) is 4.23. The van der Waals surface area contributed by atoms with Crippen LogP contribution >= 0.6 is 13.6 Å². The number of hydrogen-bond donors (Lipinski definition) is 0. The summed E-state index contributed by atoms with van der Waals surface area (Å²) in [4.78, 5) is 0. The molecule has 106 valence electrons. The van der Waals surface area contributed by atoms with E-state index in [1.165, 1.54) is 16.3 Å². The summed E-state index contributed by atoms with van der Waals surface area (Å²) >= 11 is 4.25. The molecule has 0 N–H and O–H groups in total. The topological polar surface area (TPSA) is 0 Å². The molecular formula is C13H10BrF5Zn. The maximum atomic E-state index is 13.4. The molecule has 0 radical (unpaired) electrons. The van der Waals surface area contributed by atoms with Crippen LogP contribution in [0.15, 0.2) is 12.7 Å². The third kappa shape index (κ3) is 3.48. The average Bonchev–Trinajstić information content (AvgIpc) is 3.22. The molecule has 1 aromatic carbocycles. The summed E-state index contributed by atoms with van der Waals surface area (Å²) in [5, 5.41) is 0. The van der Waals surface area contributed by atoms with Gasteiger partial charge in [0.1, 0.15) is 0 Å². The van der Waals surface area contributed by atoms with E-state index in [0.29, 0.717) is 19.3 Å². The van der Waals surface area contributed by atoms with Gasteiger partial charge >= 0.3 is 30.0 Å². The van der Waals surface area contributed by atoms with E-state index in [-0.39, 0.29) is 0 Å². The normalized spacial score (nSPS) is 17.5. The van der Waals surface area contributed by atoms with E-state index >= 15 is 0 Å². The molecule has 0 unspecified atom stereocenters. The van der Waals surface area contributed by atoms with Crippen LogP contribution in [0.4, 0.5) is 22.0 Å². The molecule has 0 aromatic heterocycles. The van der Waals surface area contributed by atoms with Gasteiger partial charge in [-0.3, -0.25) is 0 Å². The minimum absolute atomic E-state index is 0.367. The van der Waals surface area contributed by atoms with Gasteiger partial charge in [0, 0.05) is 5.56 Å². The van der Waals surface area contributed by atoms with Crippen LogP contribution in [0.3, 0.4) is 0 Å². The van der Waals surface area contributed by atoms with Gasteiger partial charge in [-0.25, -0.2) is 22.0 Å². The van der Waals surface area contributed by atoms with Crippen LogP contribution in [-0.4, -0.2) is 0 Å². The van der Waals surface area contributed by atoms with E-state index < -0.39 is 40.6 Å². The van der Waals surface area contributed by atoms with Crippen LogP contribution < -0.4 is 0 Å². The molecule has 2 rings (SSSR count). The van der Waals surface area contributed by atoms with Gasteiger partial charge in [-0.2, -0.15) is 18.8 Å². The Balaban J connectivity index is 0.000000956. The van der Waals surface area contributed by atoms with Crippen LogP contribution in [0.25, 0.3) is 0 Å². The summed E-state index contributed by atoms with van der Waals surface area (Å²) in [6, 6.07) is 0. The molecule has 20 heavy (non-hydrogen) atoms. The third-order valence-electron chi connectivity index (χ3n) is 3.06. The maximum absolute atomic E-state index is 13.4. The first-order valence-corrected chi connectivity index (χ1v) is 12.7. The van der Waals surface area contributed by atoms with Crippen molar-refractivity contribution in [1.29, 1.82) is 0 Å². The average molecular weight is 407 g/mol. The van der Waals surface area contributed by atoms with Gasteiger partial charge < -0.3 is 5.92 Å². The number of allylic oxidation sites excluding steroid dienone is 1. The van der Waals surface area contributed by atoms with E-state index in [4.69, 9.17) is 0 Å². The van der Waals surface area contributed by atoms with E-state index in [0.717, 1.165) is 5.92 Å². The second-order valence-electron chi connectivity index (χ2n) is 4.23. The van der Waals surface area contributed by atoms with Crippen molar-refractivity contribution >= 4 is 13.6 Å². The molecule has 0 heterocycles. The van der Waals surface area contributed by atoms with Crippen molar-refractivity contribution in [1.82, 2.24) is 0 Å². The van der Waals surface area contributed by atoms with E-state index in [9.17, 15) is 22.0 Å². The Hall–Kier alpha value is -0.287. The van der Waals surface area contributed by atoms with Gasteiger partial charge in [0.05, 0.1) is 0 Å². The van der Waals surface area contributed by atoms with Gasteiger partial charge in [-0.05, 0) is 0 Å². The molecular weight excluding hydrogens is 396 g/mol. The SMILES string of the molecule is C=CCC[C-]1C[C@@H]1c1c(F)c(F)c(F)c(F)c1F.[Zn+][Br]. The molecule has 0 amide bonds. The molecule has 1 aromatic rings. The van der Waals surface area contributed by atoms with Crippen molar-refractivity contribution < 1.29 is 38.3 Å². The summed E-state index contributed by atoms with van der Waals surface area (Å²) < 4.78 is 65.7. The molecule has 1 aliphatic carbocycles. The van der Waals surface area contributed by atoms with Crippen molar-refractivity contribution in [2.75, 3.05) is 0 Å². The Labute approximate surface area is 130 Å². The summed E-state index contributed by atoms with van der Waals surface area (Å²) in [7, 11) is 0. The number of benzene rings is 1. The van der Waals surface area contributed by atoms with Crippen LogP contribution in [0.5, 0.6) is 0 Å². The monoisotopic (exact) mass is 404 g/mol. The Morgan fingerprint density at radius 1 is 1.05 bits per heavy atom. The minimum atomic E-state index is -2.11. The number of halogens is 6. The Morgan fingerprint density at radius 2 is 1.50 bits per heavy atom. The van der Waals surface area contributed by atoms with Gasteiger partial charge in [-0.1, -0.05) is 12.5 Å². The van der Waals surface area contributed by atoms with Crippen LogP contribution in [-0.2, 0) is 16.3 Å². The van der Waals surface area contributed by atoms with Gasteiger partial charge in [0.15, 0.2) is 23.3 Å². The summed E-state index contributed by atoms with van der Waals surface area (Å²) in [5.41, 5.74) is -0.703. The zero-order chi connectivity index (χ0) is 15.4. The van der Waals surface area contributed by atoms with Crippen molar-refractivity contribution in [3.63, 3.8) is 0 Å². The fourth-order valence-corrected chi connectivity index (χ4v) is 2.00. The Morgan fingerprint density at radius 3 is 1.95 bits per heavy atom. The van der Waals surface area contributed by atoms with Crippen molar-refractivity contribution in [3.05, 3.63) is 53.2 Å². The first-order valence-electron chi connectivity index (χ1n) is 5.72. The van der Waals surface area contributed by atoms with Crippen molar-refractivity contribution in [2.45, 2.75) is 25.2 Å². The summed E-state index contributed by atoms with van der Waals surface area (Å²) in [6.07, 6.45) is 3.20. The molecule has 1 saturated carbocycles. The zero-order valence-electron chi connectivity index (χ0n) is 10.5. The molecule has 7 heteroatoms. The predicted molar refractivity (Wildman–Crippen MR) is 65.2 cm³/mol. The molecule has 1 fully saturated rings. The van der Waals surface area contributed by atoms with Crippen LogP contribution in [0.1, 0.15) is 30.7 Å². The summed E-state index contributed by atoms with van der Waals surface area (Å²) in [6.45, 7) is 3.50. The first kappa shape index (κ1) is 17.8. The van der Waals surface area contributed by atoms with E-state index in [2.05, 4.69) is 20.2 Å². The van der Waals surface area contributed by atoms with E-state index in [1.807, 2.05) is 0 Å². The Bertz CT molecular complexity index is 477. The van der Waals surface area contributed by atoms with Crippen LogP contribution in [0.2, 0.25) is 0 Å². The molecule has 1 aliphatic rings. The van der Waals surface area contributed by atoms with Crippen LogP contribution in [0, 0.1) is 35.0 Å². The second kappa shape index (κ2) is 7.64. The van der Waals surface area contributed by atoms with Gasteiger partial charge in [-0.15, -0.1) is 6.58 Å². The molecule has 0 spiro atoms. The molecule has 0 bridgehead atoms. The quantitative estimate of drug-likeness (QED) is 0.160. The van der Waals surface area contributed by atoms with Crippen molar-refractivity contribution in [3.8, 4) is 0 Å². The Kier molecular flexibility index (Phi) is 6.79. The molecule has 0 nitrogen and oxygen atoms in total. The fourth-order valence-electron chi connectivity index (χ4n) is 2.00. The third-order valence-corrected chi connectivity index (χ3v) is 3.06.